The molecule has 5 heteroatoms. The van der Waals surface area contributed by atoms with Gasteiger partial charge in [-0.05, 0) is 54.7 Å². The highest BCUT2D eigenvalue weighted by atomic mass is 35.5. The molecule has 0 heterocycles. The zero-order valence-corrected chi connectivity index (χ0v) is 17.1. The van der Waals surface area contributed by atoms with Crippen molar-refractivity contribution in [1.82, 2.24) is 5.32 Å². The van der Waals surface area contributed by atoms with Crippen LogP contribution in [-0.2, 0) is 4.79 Å². The third-order valence-corrected chi connectivity index (χ3v) is 4.51. The van der Waals surface area contributed by atoms with Crippen LogP contribution in [0.2, 0.25) is 5.02 Å². The van der Waals surface area contributed by atoms with Gasteiger partial charge >= 0.3 is 0 Å². The van der Waals surface area contributed by atoms with E-state index < -0.39 is 6.10 Å². The number of hydrogen-bond acceptors (Lipinski definition) is 3. The van der Waals surface area contributed by atoms with Crippen LogP contribution < -0.4 is 14.8 Å². The molecule has 0 aliphatic rings. The van der Waals surface area contributed by atoms with Crippen molar-refractivity contribution >= 4 is 17.5 Å². The van der Waals surface area contributed by atoms with Crippen LogP contribution >= 0.6 is 11.6 Å². The van der Waals surface area contributed by atoms with Crippen molar-refractivity contribution in [3.05, 3.63) is 59.1 Å². The minimum Gasteiger partial charge on any atom is -0.497 e. The van der Waals surface area contributed by atoms with Crippen LogP contribution in [0.4, 0.5) is 0 Å². The van der Waals surface area contributed by atoms with E-state index in [0.717, 1.165) is 17.7 Å². The Labute approximate surface area is 166 Å². The Bertz CT molecular complexity index is 731. The van der Waals surface area contributed by atoms with Crippen LogP contribution in [0.5, 0.6) is 11.5 Å². The SMILES string of the molecule is CCC(Oc1cccc(Cl)c1)C(=O)NC(CC(C)C)c1ccc(OC)cc1. The lowest BCUT2D eigenvalue weighted by atomic mass is 9.96. The number of halogens is 1. The molecule has 0 bridgehead atoms. The number of rotatable bonds is 9. The lowest BCUT2D eigenvalue weighted by Crippen LogP contribution is -2.40. The first-order valence-corrected chi connectivity index (χ1v) is 9.67. The number of amides is 1. The van der Waals surface area contributed by atoms with Crippen molar-refractivity contribution in [3.63, 3.8) is 0 Å². The maximum Gasteiger partial charge on any atom is 0.261 e. The molecule has 0 aliphatic heterocycles. The molecule has 2 rings (SSSR count). The first-order chi connectivity index (χ1) is 12.9. The molecule has 2 aromatic rings. The molecule has 0 aromatic heterocycles. The van der Waals surface area contributed by atoms with Gasteiger partial charge in [0.05, 0.1) is 13.2 Å². The summed E-state index contributed by atoms with van der Waals surface area (Å²) in [4.78, 5) is 12.9. The summed E-state index contributed by atoms with van der Waals surface area (Å²) in [7, 11) is 1.64. The second kappa shape index (κ2) is 10.2. The highest BCUT2D eigenvalue weighted by Gasteiger charge is 2.23. The second-order valence-corrected chi connectivity index (χ2v) is 7.37. The second-order valence-electron chi connectivity index (χ2n) is 6.94. The Morgan fingerprint density at radius 2 is 1.81 bits per heavy atom. The number of benzene rings is 2. The fourth-order valence-electron chi connectivity index (χ4n) is 2.88. The third-order valence-electron chi connectivity index (χ3n) is 4.28. The van der Waals surface area contributed by atoms with Gasteiger partial charge in [-0.2, -0.15) is 0 Å². The van der Waals surface area contributed by atoms with Crippen LogP contribution in [0.1, 0.15) is 45.2 Å². The highest BCUT2D eigenvalue weighted by Crippen LogP contribution is 2.25. The van der Waals surface area contributed by atoms with E-state index in [0.29, 0.717) is 23.1 Å². The van der Waals surface area contributed by atoms with Crippen molar-refractivity contribution in [2.24, 2.45) is 5.92 Å². The lowest BCUT2D eigenvalue weighted by molar-refractivity contribution is -0.129. The average Bonchev–Trinajstić information content (AvgIpc) is 2.65. The van der Waals surface area contributed by atoms with E-state index in [1.54, 1.807) is 31.4 Å². The molecule has 2 unspecified atom stereocenters. The topological polar surface area (TPSA) is 47.6 Å². The van der Waals surface area contributed by atoms with Gasteiger partial charge in [0.15, 0.2) is 6.10 Å². The lowest BCUT2D eigenvalue weighted by Gasteiger charge is -2.24. The van der Waals surface area contributed by atoms with Gasteiger partial charge in [0.1, 0.15) is 11.5 Å². The van der Waals surface area contributed by atoms with Crippen LogP contribution in [0.15, 0.2) is 48.5 Å². The van der Waals surface area contributed by atoms with Crippen molar-refractivity contribution in [2.75, 3.05) is 7.11 Å². The smallest absolute Gasteiger partial charge is 0.261 e. The molecule has 0 saturated carbocycles. The largest absolute Gasteiger partial charge is 0.497 e. The standard InChI is InChI=1S/C22H28ClNO3/c1-5-21(27-19-8-6-7-17(23)14-19)22(25)24-20(13-15(2)3)16-9-11-18(26-4)12-10-16/h6-12,14-15,20-21H,5,13H2,1-4H3,(H,24,25). The Morgan fingerprint density at radius 3 is 2.37 bits per heavy atom. The first-order valence-electron chi connectivity index (χ1n) is 9.29. The van der Waals surface area contributed by atoms with Crippen LogP contribution in [-0.4, -0.2) is 19.1 Å². The monoisotopic (exact) mass is 389 g/mol. The molecule has 4 nitrogen and oxygen atoms in total. The highest BCUT2D eigenvalue weighted by molar-refractivity contribution is 6.30. The molecule has 0 spiro atoms. The summed E-state index contributed by atoms with van der Waals surface area (Å²) in [5.74, 6) is 1.70. The van der Waals surface area contributed by atoms with Gasteiger partial charge in [-0.25, -0.2) is 0 Å². The van der Waals surface area contributed by atoms with Crippen molar-refractivity contribution in [2.45, 2.75) is 45.8 Å². The summed E-state index contributed by atoms with van der Waals surface area (Å²) in [5, 5.41) is 3.73. The summed E-state index contributed by atoms with van der Waals surface area (Å²) in [6.45, 7) is 6.21. The first kappa shape index (κ1) is 21.1. The van der Waals surface area contributed by atoms with Crippen LogP contribution in [0.3, 0.4) is 0 Å². The third kappa shape index (κ3) is 6.47. The van der Waals surface area contributed by atoms with E-state index in [-0.39, 0.29) is 11.9 Å². The molecule has 146 valence electrons. The zero-order valence-electron chi connectivity index (χ0n) is 16.4. The van der Waals surface area contributed by atoms with E-state index in [9.17, 15) is 4.79 Å². The number of ether oxygens (including phenoxy) is 2. The molecule has 0 fully saturated rings. The van der Waals surface area contributed by atoms with E-state index in [4.69, 9.17) is 21.1 Å². The van der Waals surface area contributed by atoms with Gasteiger partial charge in [0.25, 0.3) is 5.91 Å². The predicted octanol–water partition coefficient (Wildman–Crippen LogP) is 5.41. The Morgan fingerprint density at radius 1 is 1.11 bits per heavy atom. The number of methoxy groups -OCH3 is 1. The van der Waals surface area contributed by atoms with E-state index >= 15 is 0 Å². The molecule has 1 amide bonds. The summed E-state index contributed by atoms with van der Waals surface area (Å²) >= 11 is 6.01. The molecular weight excluding hydrogens is 362 g/mol. The molecule has 0 aliphatic carbocycles. The summed E-state index contributed by atoms with van der Waals surface area (Å²) in [6.07, 6.45) is 0.831. The molecule has 2 aromatic carbocycles. The quantitative estimate of drug-likeness (QED) is 0.623. The van der Waals surface area contributed by atoms with Gasteiger partial charge in [0, 0.05) is 5.02 Å². The number of nitrogens with one attached hydrogen (secondary N) is 1. The molecule has 2 atom stereocenters. The minimum absolute atomic E-state index is 0.0829. The van der Waals surface area contributed by atoms with Crippen molar-refractivity contribution < 1.29 is 14.3 Å². The molecule has 1 N–H and O–H groups in total. The van der Waals surface area contributed by atoms with Crippen LogP contribution in [0.25, 0.3) is 0 Å². The molecule has 27 heavy (non-hydrogen) atoms. The fraction of sp³-hybridized carbons (Fsp3) is 0.409. The van der Waals surface area contributed by atoms with Gasteiger partial charge < -0.3 is 14.8 Å². The molecule has 0 radical (unpaired) electrons. The fourth-order valence-corrected chi connectivity index (χ4v) is 3.06. The maximum atomic E-state index is 12.9. The summed E-state index contributed by atoms with van der Waals surface area (Å²) < 4.78 is 11.1. The normalized spacial score (nSPS) is 13.1. The zero-order chi connectivity index (χ0) is 19.8. The van der Waals surface area contributed by atoms with E-state index in [2.05, 4.69) is 19.2 Å². The Balaban J connectivity index is 2.12. The summed E-state index contributed by atoms with van der Waals surface area (Å²) in [6, 6.07) is 14.8. The van der Waals surface area contributed by atoms with E-state index in [1.807, 2.05) is 31.2 Å². The number of carbonyl (C=O) groups is 1. The predicted molar refractivity (Wildman–Crippen MR) is 109 cm³/mol. The van der Waals surface area contributed by atoms with Gasteiger partial charge in [-0.15, -0.1) is 0 Å². The summed E-state index contributed by atoms with van der Waals surface area (Å²) in [5.41, 5.74) is 1.05. The van der Waals surface area contributed by atoms with E-state index in [1.165, 1.54) is 0 Å². The molecular formula is C22H28ClNO3. The molecule has 0 saturated heterocycles. The van der Waals surface area contributed by atoms with Gasteiger partial charge in [-0.3, -0.25) is 4.79 Å². The average molecular weight is 390 g/mol. The number of carbonyl (C=O) groups excluding carboxylic acids is 1. The Kier molecular flexibility index (Phi) is 7.99. The van der Waals surface area contributed by atoms with Crippen molar-refractivity contribution in [1.29, 1.82) is 0 Å². The van der Waals surface area contributed by atoms with Gasteiger partial charge in [-0.1, -0.05) is 50.6 Å². The van der Waals surface area contributed by atoms with Gasteiger partial charge in [0.2, 0.25) is 0 Å². The van der Waals surface area contributed by atoms with Crippen LogP contribution in [0, 0.1) is 5.92 Å². The number of hydrogen-bond donors (Lipinski definition) is 1. The maximum absolute atomic E-state index is 12.9. The minimum atomic E-state index is -0.573. The Hall–Kier alpha value is -2.20. The van der Waals surface area contributed by atoms with Crippen molar-refractivity contribution in [3.8, 4) is 11.5 Å².